The minimum Gasteiger partial charge on any atom is -0.481 e. The van der Waals surface area contributed by atoms with Crippen molar-refractivity contribution in [3.8, 4) is 0 Å². The highest BCUT2D eigenvalue weighted by atomic mass is 16.4. The molecule has 0 amide bonds. The highest BCUT2D eigenvalue weighted by molar-refractivity contribution is 5.70. The summed E-state index contributed by atoms with van der Waals surface area (Å²) in [5.41, 5.74) is 0. The van der Waals surface area contributed by atoms with E-state index in [1.165, 1.54) is 9.80 Å². The molecule has 0 radical (unpaired) electrons. The van der Waals surface area contributed by atoms with Crippen LogP contribution in [0.4, 0.5) is 0 Å². The molecule has 10 N–H and O–H groups in total. The van der Waals surface area contributed by atoms with E-state index in [9.17, 15) is 19.2 Å². The van der Waals surface area contributed by atoms with Gasteiger partial charge in [0, 0.05) is 26.2 Å². The summed E-state index contributed by atoms with van der Waals surface area (Å²) in [6.07, 6.45) is -0.470. The lowest BCUT2D eigenvalue weighted by Gasteiger charge is -2.25. The van der Waals surface area contributed by atoms with Crippen molar-refractivity contribution in [2.75, 3.05) is 39.3 Å². The number of rotatable bonds is 13. The molecule has 0 fully saturated rings. The number of hydrogen-bond acceptors (Lipinski definition) is 6. The fourth-order valence-electron chi connectivity index (χ4n) is 1.71. The standard InChI is InChI=1S/C12H20N2O8.3H2O/c15-9(16)1-3-13(7-11(19)20)5-6-14(8-12(21)22)4-2-10(17)18;;;/h1-8H2,(H,15,16)(H,17,18)(H,19,20)(H,21,22);3*1H2. The van der Waals surface area contributed by atoms with Gasteiger partial charge in [-0.1, -0.05) is 0 Å². The quantitative estimate of drug-likeness (QED) is 0.245. The van der Waals surface area contributed by atoms with Gasteiger partial charge in [-0.25, -0.2) is 0 Å². The Labute approximate surface area is 143 Å². The molecule has 0 aromatic rings. The number of carboxylic acid groups (broad SMARTS) is 4. The molecule has 0 aliphatic rings. The van der Waals surface area contributed by atoms with Gasteiger partial charge >= 0.3 is 23.9 Å². The van der Waals surface area contributed by atoms with E-state index in [-0.39, 0.29) is 68.5 Å². The summed E-state index contributed by atoms with van der Waals surface area (Å²) in [6, 6.07) is 0. The molecule has 13 heteroatoms. The van der Waals surface area contributed by atoms with Gasteiger partial charge in [0.2, 0.25) is 0 Å². The van der Waals surface area contributed by atoms with Gasteiger partial charge in [0.15, 0.2) is 0 Å². The molecule has 0 aliphatic heterocycles. The molecule has 0 atom stereocenters. The molecule has 0 aliphatic carbocycles. The summed E-state index contributed by atoms with van der Waals surface area (Å²) in [4.78, 5) is 45.2. The van der Waals surface area contributed by atoms with Crippen LogP contribution in [0.25, 0.3) is 0 Å². The van der Waals surface area contributed by atoms with Gasteiger partial charge in [-0.2, -0.15) is 0 Å². The molecule has 0 saturated carbocycles. The molecule has 0 bridgehead atoms. The lowest BCUT2D eigenvalue weighted by molar-refractivity contribution is -0.142. The molecule has 0 spiro atoms. The third-order valence-electron chi connectivity index (χ3n) is 2.73. The Morgan fingerprint density at radius 2 is 0.800 bits per heavy atom. The molecular weight excluding hydrogens is 348 g/mol. The Kier molecular flexibility index (Phi) is 20.2. The summed E-state index contributed by atoms with van der Waals surface area (Å²) >= 11 is 0. The first-order valence-electron chi connectivity index (χ1n) is 6.52. The normalized spacial score (nSPS) is 9.52. The first-order chi connectivity index (χ1) is 10.2. The molecule has 0 unspecified atom stereocenters. The lowest BCUT2D eigenvalue weighted by atomic mass is 10.3. The van der Waals surface area contributed by atoms with E-state index in [0.29, 0.717) is 0 Å². The predicted molar refractivity (Wildman–Crippen MR) is 83.5 cm³/mol. The third kappa shape index (κ3) is 19.6. The molecule has 0 rings (SSSR count). The zero-order chi connectivity index (χ0) is 17.1. The summed E-state index contributed by atoms with van der Waals surface area (Å²) < 4.78 is 0. The average molecular weight is 374 g/mol. The van der Waals surface area contributed by atoms with E-state index >= 15 is 0 Å². The first kappa shape index (κ1) is 30.5. The van der Waals surface area contributed by atoms with Crippen molar-refractivity contribution >= 4 is 23.9 Å². The van der Waals surface area contributed by atoms with Gasteiger partial charge < -0.3 is 36.9 Å². The summed E-state index contributed by atoms with van der Waals surface area (Å²) in [7, 11) is 0. The maximum atomic E-state index is 10.7. The van der Waals surface area contributed by atoms with Crippen molar-refractivity contribution in [3.63, 3.8) is 0 Å². The Morgan fingerprint density at radius 3 is 1.00 bits per heavy atom. The highest BCUT2D eigenvalue weighted by Gasteiger charge is 2.16. The number of nitrogens with zero attached hydrogens (tertiary/aromatic N) is 2. The van der Waals surface area contributed by atoms with Crippen LogP contribution in [0.1, 0.15) is 12.8 Å². The van der Waals surface area contributed by atoms with Gasteiger partial charge in [-0.05, 0) is 0 Å². The van der Waals surface area contributed by atoms with Crippen molar-refractivity contribution in [2.45, 2.75) is 12.8 Å². The smallest absolute Gasteiger partial charge is 0.317 e. The second kappa shape index (κ2) is 16.5. The van der Waals surface area contributed by atoms with E-state index in [2.05, 4.69) is 0 Å². The second-order valence-electron chi connectivity index (χ2n) is 4.63. The summed E-state index contributed by atoms with van der Waals surface area (Å²) in [5, 5.41) is 34.7. The van der Waals surface area contributed by atoms with Crippen molar-refractivity contribution in [3.05, 3.63) is 0 Å². The zero-order valence-corrected chi connectivity index (χ0v) is 13.5. The fraction of sp³-hybridized carbons (Fsp3) is 0.667. The number of aliphatic carboxylic acids is 4. The monoisotopic (exact) mass is 374 g/mol. The van der Waals surface area contributed by atoms with Gasteiger partial charge in [0.05, 0.1) is 25.9 Å². The zero-order valence-electron chi connectivity index (χ0n) is 13.5. The van der Waals surface area contributed by atoms with Crippen LogP contribution in [0.15, 0.2) is 0 Å². The number of carbonyl (C=O) groups is 4. The van der Waals surface area contributed by atoms with Crippen LogP contribution in [0.2, 0.25) is 0 Å². The predicted octanol–water partition coefficient (Wildman–Crippen LogP) is -3.77. The Balaban J connectivity index is -0.000000735. The maximum Gasteiger partial charge on any atom is 0.317 e. The molecule has 150 valence electrons. The van der Waals surface area contributed by atoms with E-state index in [4.69, 9.17) is 20.4 Å². The molecule has 0 heterocycles. The Morgan fingerprint density at radius 1 is 0.520 bits per heavy atom. The molecule has 0 aromatic heterocycles. The maximum absolute atomic E-state index is 10.7. The van der Waals surface area contributed by atoms with Gasteiger partial charge in [0.1, 0.15) is 0 Å². The number of carboxylic acids is 4. The van der Waals surface area contributed by atoms with Crippen molar-refractivity contribution in [1.29, 1.82) is 0 Å². The van der Waals surface area contributed by atoms with Crippen LogP contribution >= 0.6 is 0 Å². The van der Waals surface area contributed by atoms with Crippen LogP contribution in [0.3, 0.4) is 0 Å². The van der Waals surface area contributed by atoms with Crippen molar-refractivity contribution in [2.24, 2.45) is 0 Å². The fourth-order valence-corrected chi connectivity index (χ4v) is 1.71. The molecular formula is C12H26N2O11. The minimum absolute atomic E-state index is 0. The van der Waals surface area contributed by atoms with E-state index < -0.39 is 23.9 Å². The van der Waals surface area contributed by atoms with Crippen LogP contribution in [0.5, 0.6) is 0 Å². The van der Waals surface area contributed by atoms with E-state index in [1.807, 2.05) is 0 Å². The molecule has 0 aromatic carbocycles. The minimum atomic E-state index is -1.12. The molecule has 13 nitrogen and oxygen atoms in total. The molecule has 0 saturated heterocycles. The second-order valence-corrected chi connectivity index (χ2v) is 4.63. The number of hydrogen-bond donors (Lipinski definition) is 4. The lowest BCUT2D eigenvalue weighted by Crippen LogP contribution is -2.41. The van der Waals surface area contributed by atoms with E-state index in [1.54, 1.807) is 0 Å². The third-order valence-corrected chi connectivity index (χ3v) is 2.73. The van der Waals surface area contributed by atoms with Crippen LogP contribution in [-0.2, 0) is 19.2 Å². The SMILES string of the molecule is O.O.O.O=C(O)CCN(CCN(CCC(=O)O)CC(=O)O)CC(=O)O. The Bertz CT molecular complexity index is 378. The average Bonchev–Trinajstić information content (AvgIpc) is 2.37. The first-order valence-corrected chi connectivity index (χ1v) is 6.52. The van der Waals surface area contributed by atoms with Gasteiger partial charge in [-0.3, -0.25) is 29.0 Å². The van der Waals surface area contributed by atoms with Crippen LogP contribution in [0, 0.1) is 0 Å². The molecule has 25 heavy (non-hydrogen) atoms. The van der Waals surface area contributed by atoms with Crippen LogP contribution in [-0.4, -0.2) is 110 Å². The highest BCUT2D eigenvalue weighted by Crippen LogP contribution is 1.97. The van der Waals surface area contributed by atoms with Crippen molar-refractivity contribution in [1.82, 2.24) is 9.80 Å². The topological polar surface area (TPSA) is 250 Å². The van der Waals surface area contributed by atoms with Crippen molar-refractivity contribution < 1.29 is 56.0 Å². The van der Waals surface area contributed by atoms with E-state index in [0.717, 1.165) is 0 Å². The van der Waals surface area contributed by atoms with Gasteiger partial charge in [0.25, 0.3) is 0 Å². The summed E-state index contributed by atoms with van der Waals surface area (Å²) in [6.45, 7) is -0.442. The van der Waals surface area contributed by atoms with Gasteiger partial charge in [-0.15, -0.1) is 0 Å². The van der Waals surface area contributed by atoms with Crippen LogP contribution < -0.4 is 0 Å². The Hall–Kier alpha value is -2.32. The summed E-state index contributed by atoms with van der Waals surface area (Å²) in [5.74, 6) is -4.38. The largest absolute Gasteiger partial charge is 0.481 e.